The maximum Gasteiger partial charge on any atom is 0.460 e. The van der Waals surface area contributed by atoms with E-state index in [1.807, 2.05) is 0 Å². The summed E-state index contributed by atoms with van der Waals surface area (Å²) in [6, 6.07) is 0. The summed E-state index contributed by atoms with van der Waals surface area (Å²) in [4.78, 5) is 0. The Morgan fingerprint density at radius 3 is 1.12 bits per heavy atom. The topological polar surface area (TPSA) is 0 Å². The molecule has 0 rings (SSSR count). The van der Waals surface area contributed by atoms with Crippen LogP contribution in [0, 0.1) is 12.3 Å². The Kier molecular flexibility index (Phi) is 8.74. The van der Waals surface area contributed by atoms with Gasteiger partial charge in [-0.25, -0.2) is 0 Å². The molecule has 0 N–H and O–H groups in total. The molecule has 0 atom stereocenters. The van der Waals surface area contributed by atoms with E-state index in [1.165, 1.54) is 0 Å². The van der Waals surface area contributed by atoms with Crippen LogP contribution in [0.4, 0.5) is 74.6 Å². The van der Waals surface area contributed by atoms with Gasteiger partial charge in [-0.2, -0.15) is 74.6 Å². The number of halogens is 17. The second-order valence-electron chi connectivity index (χ2n) is 6.77. The van der Waals surface area contributed by atoms with Crippen LogP contribution in [0.5, 0.6) is 0 Å². The van der Waals surface area contributed by atoms with E-state index in [9.17, 15) is 74.6 Å². The third kappa shape index (κ3) is 4.94. The van der Waals surface area contributed by atoms with Crippen LogP contribution in [0.3, 0.4) is 0 Å². The van der Waals surface area contributed by atoms with Gasteiger partial charge in [0.25, 0.3) is 0 Å². The lowest BCUT2D eigenvalue weighted by Crippen LogP contribution is -2.74. The van der Waals surface area contributed by atoms with Crippen molar-refractivity contribution in [2.45, 2.75) is 86.2 Å². The smallest absolute Gasteiger partial charge is 0.200 e. The Balaban J connectivity index is 6.14. The fraction of sp³-hybridized carbons (Fsp3) is 0.875. The quantitative estimate of drug-likeness (QED) is 0.137. The Bertz CT molecular complexity index is 695. The van der Waals surface area contributed by atoms with Crippen molar-refractivity contribution in [3.63, 3.8) is 0 Å². The molecule has 0 aromatic heterocycles. The predicted molar refractivity (Wildman–Crippen MR) is 77.2 cm³/mol. The van der Waals surface area contributed by atoms with E-state index in [0.717, 1.165) is 0 Å². The highest BCUT2D eigenvalue weighted by atomic mass is 19.4. The number of rotatable bonds is 12. The molecule has 0 aromatic carbocycles. The Morgan fingerprint density at radius 2 is 0.758 bits per heavy atom. The van der Waals surface area contributed by atoms with Gasteiger partial charge in [-0.1, -0.05) is 12.8 Å². The summed E-state index contributed by atoms with van der Waals surface area (Å²) >= 11 is 0. The van der Waals surface area contributed by atoms with Crippen molar-refractivity contribution in [2.75, 3.05) is 0 Å². The van der Waals surface area contributed by atoms with Gasteiger partial charge in [0.2, 0.25) is 0 Å². The second-order valence-corrected chi connectivity index (χ2v) is 6.77. The van der Waals surface area contributed by atoms with Crippen LogP contribution >= 0.6 is 0 Å². The van der Waals surface area contributed by atoms with Gasteiger partial charge in [-0.15, -0.1) is 12.3 Å². The molecule has 0 amide bonds. The molecule has 33 heavy (non-hydrogen) atoms. The van der Waals surface area contributed by atoms with Gasteiger partial charge in [0.1, 0.15) is 0 Å². The molecular weight excluding hydrogens is 515 g/mol. The SMILES string of the molecule is C#CCCCCCCC(F)(F)C(F)(F)C(F)(F)C(F)(F)C(F)(F)C(F)(F)C(F)(F)C(F)(F)F. The Morgan fingerprint density at radius 1 is 0.424 bits per heavy atom. The average molecular weight is 528 g/mol. The van der Waals surface area contributed by atoms with Gasteiger partial charge in [-0.3, -0.25) is 0 Å². The number of terminal acetylenes is 1. The van der Waals surface area contributed by atoms with Crippen LogP contribution in [0.25, 0.3) is 0 Å². The van der Waals surface area contributed by atoms with Crippen LogP contribution in [0.2, 0.25) is 0 Å². The van der Waals surface area contributed by atoms with Crippen LogP contribution in [0.15, 0.2) is 0 Å². The van der Waals surface area contributed by atoms with E-state index in [4.69, 9.17) is 6.42 Å². The molecule has 0 radical (unpaired) electrons. The van der Waals surface area contributed by atoms with Crippen molar-refractivity contribution in [3.8, 4) is 12.3 Å². The highest BCUT2D eigenvalue weighted by Gasteiger charge is 2.95. The molecule has 0 aliphatic carbocycles. The summed E-state index contributed by atoms with van der Waals surface area (Å²) in [6.07, 6.45) is -6.73. The van der Waals surface area contributed by atoms with Gasteiger partial charge in [0.05, 0.1) is 0 Å². The molecule has 0 aromatic rings. The third-order valence-electron chi connectivity index (χ3n) is 4.35. The molecule has 196 valence electrons. The summed E-state index contributed by atoms with van der Waals surface area (Å²) in [6.45, 7) is 0. The van der Waals surface area contributed by atoms with Gasteiger partial charge in [-0.05, 0) is 12.8 Å². The summed E-state index contributed by atoms with van der Waals surface area (Å²) < 4.78 is 222. The number of alkyl halides is 17. The van der Waals surface area contributed by atoms with Crippen molar-refractivity contribution in [1.29, 1.82) is 0 Å². The zero-order valence-corrected chi connectivity index (χ0v) is 15.7. The van der Waals surface area contributed by atoms with Crippen molar-refractivity contribution in [3.05, 3.63) is 0 Å². The standard InChI is InChI=1S/C16H13F17/c1-2-3-4-5-6-7-8-9(17,18)10(19,20)11(21,22)12(23,24)13(25,26)14(27,28)15(29,30)16(31,32)33/h1H,3-8H2. The van der Waals surface area contributed by atoms with Crippen molar-refractivity contribution in [1.82, 2.24) is 0 Å². The summed E-state index contributed by atoms with van der Waals surface area (Å²) in [7, 11) is 0. The summed E-state index contributed by atoms with van der Waals surface area (Å²) in [5, 5.41) is 0. The second kappa shape index (κ2) is 9.20. The number of hydrogen-bond acceptors (Lipinski definition) is 0. The molecule has 17 heteroatoms. The first-order valence-corrected chi connectivity index (χ1v) is 8.46. The van der Waals surface area contributed by atoms with Gasteiger partial charge in [0.15, 0.2) is 0 Å². The first-order chi connectivity index (χ1) is 14.3. The fourth-order valence-corrected chi connectivity index (χ4v) is 2.28. The number of unbranched alkanes of at least 4 members (excludes halogenated alkanes) is 4. The Hall–Kier alpha value is -1.63. The number of hydrogen-bond donors (Lipinski definition) is 0. The minimum Gasteiger partial charge on any atom is -0.200 e. The highest BCUT2D eigenvalue weighted by molar-refractivity contribution is 5.15. The van der Waals surface area contributed by atoms with Crippen molar-refractivity contribution >= 4 is 0 Å². The molecule has 0 saturated heterocycles. The monoisotopic (exact) mass is 528 g/mol. The van der Waals surface area contributed by atoms with E-state index in [-0.39, 0.29) is 19.3 Å². The first kappa shape index (κ1) is 31.4. The molecule has 0 aliphatic heterocycles. The normalized spacial score (nSPS) is 15.5. The first-order valence-electron chi connectivity index (χ1n) is 8.46. The summed E-state index contributed by atoms with van der Waals surface area (Å²) in [5.41, 5.74) is 0. The maximum atomic E-state index is 13.6. The van der Waals surface area contributed by atoms with E-state index in [1.54, 1.807) is 0 Å². The minimum absolute atomic E-state index is 0.0603. The zero-order valence-electron chi connectivity index (χ0n) is 15.7. The molecule has 0 saturated carbocycles. The van der Waals surface area contributed by atoms with Gasteiger partial charge >= 0.3 is 47.6 Å². The lowest BCUT2D eigenvalue weighted by atomic mass is 9.87. The van der Waals surface area contributed by atoms with Gasteiger partial charge < -0.3 is 0 Å². The zero-order chi connectivity index (χ0) is 26.9. The molecule has 0 aliphatic rings. The predicted octanol–water partition coefficient (Wildman–Crippen LogP) is 7.97. The van der Waals surface area contributed by atoms with E-state index in [0.29, 0.717) is 0 Å². The molecular formula is C16H13F17. The average Bonchev–Trinajstić information content (AvgIpc) is 2.62. The van der Waals surface area contributed by atoms with E-state index in [2.05, 4.69) is 5.92 Å². The van der Waals surface area contributed by atoms with E-state index < -0.39 is 66.9 Å². The molecule has 0 bridgehead atoms. The van der Waals surface area contributed by atoms with Crippen LogP contribution in [-0.4, -0.2) is 47.6 Å². The molecule has 0 spiro atoms. The molecule has 0 fully saturated rings. The highest BCUT2D eigenvalue weighted by Crippen LogP contribution is 2.64. The van der Waals surface area contributed by atoms with Crippen molar-refractivity contribution < 1.29 is 74.6 Å². The largest absolute Gasteiger partial charge is 0.460 e. The maximum absolute atomic E-state index is 13.6. The minimum atomic E-state index is -8.59. The van der Waals surface area contributed by atoms with Crippen LogP contribution in [-0.2, 0) is 0 Å². The molecule has 0 unspecified atom stereocenters. The van der Waals surface area contributed by atoms with Crippen LogP contribution < -0.4 is 0 Å². The Labute approximate surface area is 174 Å². The summed E-state index contributed by atoms with van der Waals surface area (Å²) in [5.74, 6) is -53.8. The lowest BCUT2D eigenvalue weighted by molar-refractivity contribution is -0.461. The van der Waals surface area contributed by atoms with E-state index >= 15 is 0 Å². The molecule has 0 heterocycles. The van der Waals surface area contributed by atoms with Gasteiger partial charge in [0, 0.05) is 12.8 Å². The third-order valence-corrected chi connectivity index (χ3v) is 4.35. The van der Waals surface area contributed by atoms with Crippen molar-refractivity contribution in [2.24, 2.45) is 0 Å². The fourth-order valence-electron chi connectivity index (χ4n) is 2.28. The molecule has 0 nitrogen and oxygen atoms in total. The lowest BCUT2D eigenvalue weighted by Gasteiger charge is -2.42. The van der Waals surface area contributed by atoms with Crippen LogP contribution in [0.1, 0.15) is 38.5 Å².